The Bertz CT molecular complexity index is 699. The number of para-hydroxylation sites is 1. The molecule has 126 valence electrons. The predicted octanol–water partition coefficient (Wildman–Crippen LogP) is 3.13. The molecule has 0 saturated heterocycles. The van der Waals surface area contributed by atoms with E-state index in [1.165, 1.54) is 0 Å². The maximum atomic E-state index is 12.7. The Balaban J connectivity index is 2.20. The molecule has 0 atom stereocenters. The van der Waals surface area contributed by atoms with Crippen molar-refractivity contribution >= 4 is 17.5 Å². The van der Waals surface area contributed by atoms with Crippen molar-refractivity contribution in [2.75, 3.05) is 18.0 Å². The summed E-state index contributed by atoms with van der Waals surface area (Å²) < 4.78 is 0. The van der Waals surface area contributed by atoms with E-state index in [1.807, 2.05) is 51.1 Å². The largest absolute Gasteiger partial charge is 0.350 e. The van der Waals surface area contributed by atoms with E-state index in [9.17, 15) is 9.59 Å². The van der Waals surface area contributed by atoms with Gasteiger partial charge in [-0.15, -0.1) is 0 Å². The smallest absolute Gasteiger partial charge is 0.276 e. The van der Waals surface area contributed by atoms with Gasteiger partial charge in [0, 0.05) is 18.8 Å². The number of hydrogen-bond acceptors (Lipinski definition) is 3. The highest BCUT2D eigenvalue weighted by Gasteiger charge is 2.18. The lowest BCUT2D eigenvalue weighted by atomic mass is 10.2. The number of pyridine rings is 1. The summed E-state index contributed by atoms with van der Waals surface area (Å²) in [5.41, 5.74) is 1.32. The number of anilines is 1. The van der Waals surface area contributed by atoms with Crippen molar-refractivity contribution in [1.29, 1.82) is 0 Å². The van der Waals surface area contributed by atoms with Gasteiger partial charge in [0.05, 0.1) is 0 Å². The van der Waals surface area contributed by atoms with Crippen LogP contribution in [-0.2, 0) is 0 Å². The van der Waals surface area contributed by atoms with E-state index in [1.54, 1.807) is 23.1 Å². The van der Waals surface area contributed by atoms with Crippen LogP contribution in [-0.4, -0.2) is 29.9 Å². The quantitative estimate of drug-likeness (QED) is 0.887. The summed E-state index contributed by atoms with van der Waals surface area (Å²) in [5, 5.41) is 2.81. The van der Waals surface area contributed by atoms with Gasteiger partial charge in [-0.2, -0.15) is 0 Å². The zero-order valence-corrected chi connectivity index (χ0v) is 14.3. The minimum Gasteiger partial charge on any atom is -0.350 e. The van der Waals surface area contributed by atoms with Gasteiger partial charge in [0.1, 0.15) is 11.4 Å². The highest BCUT2D eigenvalue weighted by molar-refractivity contribution is 6.05. The van der Waals surface area contributed by atoms with Crippen LogP contribution in [0.5, 0.6) is 0 Å². The molecule has 24 heavy (non-hydrogen) atoms. The van der Waals surface area contributed by atoms with E-state index in [0.29, 0.717) is 19.0 Å². The molecule has 0 bridgehead atoms. The molecular formula is C19H23N3O2. The molecule has 2 amide bonds. The number of amides is 2. The number of carbonyl (C=O) groups is 2. The molecule has 0 spiro atoms. The van der Waals surface area contributed by atoms with Crippen molar-refractivity contribution in [2.45, 2.75) is 20.8 Å². The molecule has 0 fully saturated rings. The molecule has 1 aromatic carbocycles. The van der Waals surface area contributed by atoms with Crippen LogP contribution in [0.4, 0.5) is 5.69 Å². The van der Waals surface area contributed by atoms with Gasteiger partial charge in [0.15, 0.2) is 0 Å². The Kier molecular flexibility index (Phi) is 6.07. The first-order chi connectivity index (χ1) is 11.5. The number of carbonyl (C=O) groups excluding carboxylic acids is 2. The molecule has 2 aromatic rings. The SMILES string of the molecule is CCN(C(=O)c1cccc(C(=O)NCC(C)C)n1)c1ccccc1. The van der Waals surface area contributed by atoms with Crippen LogP contribution < -0.4 is 10.2 Å². The fourth-order valence-electron chi connectivity index (χ4n) is 2.26. The fourth-order valence-corrected chi connectivity index (χ4v) is 2.26. The Hall–Kier alpha value is -2.69. The first-order valence-corrected chi connectivity index (χ1v) is 8.15. The second kappa shape index (κ2) is 8.24. The van der Waals surface area contributed by atoms with Gasteiger partial charge in [-0.1, -0.05) is 38.1 Å². The number of nitrogens with one attached hydrogen (secondary N) is 1. The number of hydrogen-bond donors (Lipinski definition) is 1. The van der Waals surface area contributed by atoms with Gasteiger partial charge in [-0.25, -0.2) is 4.98 Å². The van der Waals surface area contributed by atoms with Crippen molar-refractivity contribution in [3.05, 3.63) is 59.9 Å². The van der Waals surface area contributed by atoms with Gasteiger partial charge in [-0.05, 0) is 37.1 Å². The van der Waals surface area contributed by atoms with Gasteiger partial charge >= 0.3 is 0 Å². The zero-order chi connectivity index (χ0) is 17.5. The second-order valence-corrected chi connectivity index (χ2v) is 5.90. The average molecular weight is 325 g/mol. The highest BCUT2D eigenvalue weighted by atomic mass is 16.2. The van der Waals surface area contributed by atoms with E-state index in [2.05, 4.69) is 10.3 Å². The van der Waals surface area contributed by atoms with Crippen molar-refractivity contribution in [2.24, 2.45) is 5.92 Å². The Morgan fingerprint density at radius 2 is 1.71 bits per heavy atom. The van der Waals surface area contributed by atoms with E-state index >= 15 is 0 Å². The van der Waals surface area contributed by atoms with E-state index < -0.39 is 0 Å². The van der Waals surface area contributed by atoms with Crippen molar-refractivity contribution in [3.8, 4) is 0 Å². The first-order valence-electron chi connectivity index (χ1n) is 8.15. The number of nitrogens with zero attached hydrogens (tertiary/aromatic N) is 2. The number of rotatable bonds is 6. The lowest BCUT2D eigenvalue weighted by molar-refractivity contribution is 0.0943. The van der Waals surface area contributed by atoms with Gasteiger partial charge < -0.3 is 10.2 Å². The average Bonchev–Trinajstić information content (AvgIpc) is 2.61. The molecule has 1 N–H and O–H groups in total. The molecule has 0 radical (unpaired) electrons. The molecule has 5 heteroatoms. The Morgan fingerprint density at radius 3 is 2.33 bits per heavy atom. The number of benzene rings is 1. The van der Waals surface area contributed by atoms with Crippen LogP contribution in [0.2, 0.25) is 0 Å². The van der Waals surface area contributed by atoms with Gasteiger partial charge in [0.2, 0.25) is 0 Å². The monoisotopic (exact) mass is 325 g/mol. The van der Waals surface area contributed by atoms with Crippen molar-refractivity contribution < 1.29 is 9.59 Å². The molecule has 0 saturated carbocycles. The third-order valence-corrected chi connectivity index (χ3v) is 3.50. The van der Waals surface area contributed by atoms with E-state index in [0.717, 1.165) is 5.69 Å². The van der Waals surface area contributed by atoms with Crippen molar-refractivity contribution in [1.82, 2.24) is 10.3 Å². The Labute approximate surface area is 142 Å². The lowest BCUT2D eigenvalue weighted by Gasteiger charge is -2.20. The van der Waals surface area contributed by atoms with Crippen LogP contribution >= 0.6 is 0 Å². The van der Waals surface area contributed by atoms with Gasteiger partial charge in [0.25, 0.3) is 11.8 Å². The topological polar surface area (TPSA) is 62.3 Å². The van der Waals surface area contributed by atoms with Crippen LogP contribution in [0.3, 0.4) is 0 Å². The van der Waals surface area contributed by atoms with Crippen molar-refractivity contribution in [3.63, 3.8) is 0 Å². The van der Waals surface area contributed by atoms with Crippen LogP contribution in [0, 0.1) is 5.92 Å². The molecule has 0 aliphatic rings. The summed E-state index contributed by atoms with van der Waals surface area (Å²) in [4.78, 5) is 30.8. The summed E-state index contributed by atoms with van der Waals surface area (Å²) in [6.07, 6.45) is 0. The molecular weight excluding hydrogens is 302 g/mol. The standard InChI is InChI=1S/C19H23N3O2/c1-4-22(15-9-6-5-7-10-15)19(24)17-12-8-11-16(21-17)18(23)20-13-14(2)3/h5-12,14H,4,13H2,1-3H3,(H,20,23). The molecule has 1 aromatic heterocycles. The third-order valence-electron chi connectivity index (χ3n) is 3.50. The van der Waals surface area contributed by atoms with Crippen LogP contribution in [0.15, 0.2) is 48.5 Å². The molecule has 0 aliphatic heterocycles. The fraction of sp³-hybridized carbons (Fsp3) is 0.316. The third kappa shape index (κ3) is 4.41. The Morgan fingerprint density at radius 1 is 1.04 bits per heavy atom. The van der Waals surface area contributed by atoms with Crippen LogP contribution in [0.25, 0.3) is 0 Å². The second-order valence-electron chi connectivity index (χ2n) is 5.90. The highest BCUT2D eigenvalue weighted by Crippen LogP contribution is 2.16. The van der Waals surface area contributed by atoms with Gasteiger partial charge in [-0.3, -0.25) is 9.59 Å². The minimum absolute atomic E-state index is 0.220. The molecule has 0 unspecified atom stereocenters. The van der Waals surface area contributed by atoms with Crippen LogP contribution in [0.1, 0.15) is 41.7 Å². The maximum Gasteiger partial charge on any atom is 0.276 e. The minimum atomic E-state index is -0.263. The summed E-state index contributed by atoms with van der Waals surface area (Å²) in [5.74, 6) is -0.129. The lowest BCUT2D eigenvalue weighted by Crippen LogP contribution is -2.32. The molecule has 0 aliphatic carbocycles. The maximum absolute atomic E-state index is 12.7. The first kappa shape index (κ1) is 17.7. The zero-order valence-electron chi connectivity index (χ0n) is 14.3. The van der Waals surface area contributed by atoms with E-state index in [-0.39, 0.29) is 23.2 Å². The number of aromatic nitrogens is 1. The summed E-state index contributed by atoms with van der Waals surface area (Å²) in [6, 6.07) is 14.4. The molecule has 2 rings (SSSR count). The normalized spacial score (nSPS) is 10.5. The molecule has 5 nitrogen and oxygen atoms in total. The summed E-state index contributed by atoms with van der Waals surface area (Å²) >= 11 is 0. The molecule has 1 heterocycles. The predicted molar refractivity (Wildman–Crippen MR) is 95.2 cm³/mol. The van der Waals surface area contributed by atoms with E-state index in [4.69, 9.17) is 0 Å². The summed E-state index contributed by atoms with van der Waals surface area (Å²) in [6.45, 7) is 7.04. The summed E-state index contributed by atoms with van der Waals surface area (Å²) in [7, 11) is 0.